The van der Waals surface area contributed by atoms with Crippen molar-refractivity contribution in [3.63, 3.8) is 0 Å². The van der Waals surface area contributed by atoms with Crippen LogP contribution < -0.4 is 5.32 Å². The van der Waals surface area contributed by atoms with E-state index in [1.54, 1.807) is 29.2 Å². The number of fused-ring (bicyclic) bond motifs is 1. The summed E-state index contributed by atoms with van der Waals surface area (Å²) in [5.74, 6) is -0.107. The van der Waals surface area contributed by atoms with E-state index in [-0.39, 0.29) is 11.6 Å². The van der Waals surface area contributed by atoms with Crippen molar-refractivity contribution < 1.29 is 9.72 Å². The number of nitrogens with zero attached hydrogens (tertiary/aromatic N) is 2. The number of hydrogen-bond donors (Lipinski definition) is 1. The Morgan fingerprint density at radius 1 is 1.17 bits per heavy atom. The highest BCUT2D eigenvalue weighted by atomic mass is 16.6. The van der Waals surface area contributed by atoms with Crippen molar-refractivity contribution in [1.29, 1.82) is 0 Å². The zero-order valence-electron chi connectivity index (χ0n) is 12.7. The maximum absolute atomic E-state index is 12.8. The van der Waals surface area contributed by atoms with Gasteiger partial charge in [-0.25, -0.2) is 0 Å². The second kappa shape index (κ2) is 6.08. The Hall–Kier alpha value is -2.89. The van der Waals surface area contributed by atoms with Gasteiger partial charge in [0, 0.05) is 18.3 Å². The first kappa shape index (κ1) is 15.0. The van der Waals surface area contributed by atoms with Gasteiger partial charge in [-0.2, -0.15) is 0 Å². The van der Waals surface area contributed by atoms with Crippen LogP contribution in [0.15, 0.2) is 48.5 Å². The van der Waals surface area contributed by atoms with Gasteiger partial charge in [0.25, 0.3) is 11.6 Å². The summed E-state index contributed by atoms with van der Waals surface area (Å²) in [6.45, 7) is 2.50. The number of carbonyl (C=O) groups is 1. The van der Waals surface area contributed by atoms with Crippen LogP contribution >= 0.6 is 0 Å². The number of carbonyl (C=O) groups excluding carboxylic acids is 1. The van der Waals surface area contributed by atoms with E-state index in [1.165, 1.54) is 6.07 Å². The fourth-order valence-corrected chi connectivity index (χ4v) is 2.89. The molecule has 2 aromatic rings. The number of nitro benzene ring substituents is 1. The SMILES string of the molecule is CCCN1C(=O)c2ccccc2N[C@@H]1c1ccccc1[N+](=O)[O-]. The van der Waals surface area contributed by atoms with Gasteiger partial charge in [-0.1, -0.05) is 31.2 Å². The maximum Gasteiger partial charge on any atom is 0.276 e. The number of nitro groups is 1. The van der Waals surface area contributed by atoms with Crippen LogP contribution in [0.5, 0.6) is 0 Å². The van der Waals surface area contributed by atoms with Gasteiger partial charge in [-0.05, 0) is 24.6 Å². The third kappa shape index (κ3) is 2.63. The molecule has 0 radical (unpaired) electrons. The number of anilines is 1. The first-order chi connectivity index (χ1) is 11.1. The predicted octanol–water partition coefficient (Wildman–Crippen LogP) is 3.57. The summed E-state index contributed by atoms with van der Waals surface area (Å²) < 4.78 is 0. The minimum absolute atomic E-state index is 0.0123. The number of nitrogens with one attached hydrogen (secondary N) is 1. The van der Waals surface area contributed by atoms with Gasteiger partial charge < -0.3 is 10.2 Å². The second-order valence-electron chi connectivity index (χ2n) is 5.41. The van der Waals surface area contributed by atoms with Crippen LogP contribution in [-0.4, -0.2) is 22.3 Å². The van der Waals surface area contributed by atoms with Gasteiger partial charge >= 0.3 is 0 Å². The first-order valence-corrected chi connectivity index (χ1v) is 7.53. The number of amides is 1. The van der Waals surface area contributed by atoms with Crippen LogP contribution in [0, 0.1) is 10.1 Å². The van der Waals surface area contributed by atoms with E-state index in [9.17, 15) is 14.9 Å². The molecular formula is C17H17N3O3. The monoisotopic (exact) mass is 311 g/mol. The third-order valence-electron chi connectivity index (χ3n) is 3.91. The largest absolute Gasteiger partial charge is 0.361 e. The Morgan fingerprint density at radius 2 is 1.87 bits per heavy atom. The molecule has 6 nitrogen and oxygen atoms in total. The molecule has 0 unspecified atom stereocenters. The van der Waals surface area contributed by atoms with E-state index in [1.807, 2.05) is 25.1 Å². The molecule has 0 saturated carbocycles. The standard InChI is InChI=1S/C17H17N3O3/c1-2-11-19-16(13-8-4-6-10-15(13)20(22)23)18-14-9-5-3-7-12(14)17(19)21/h3-10,16,18H,2,11H2,1H3/t16-/m0/s1. The Balaban J connectivity index is 2.11. The Kier molecular flexibility index (Phi) is 3.97. The van der Waals surface area contributed by atoms with Crippen molar-refractivity contribution in [3.8, 4) is 0 Å². The average molecular weight is 311 g/mol. The third-order valence-corrected chi connectivity index (χ3v) is 3.91. The molecule has 118 valence electrons. The van der Waals surface area contributed by atoms with E-state index >= 15 is 0 Å². The zero-order valence-corrected chi connectivity index (χ0v) is 12.7. The van der Waals surface area contributed by atoms with Crippen LogP contribution in [0.1, 0.15) is 35.4 Å². The Bertz CT molecular complexity index is 760. The molecule has 0 aromatic heterocycles. The fraction of sp³-hybridized carbons (Fsp3) is 0.235. The van der Waals surface area contributed by atoms with Crippen LogP contribution in [0.3, 0.4) is 0 Å². The molecule has 0 saturated heterocycles. The highest BCUT2D eigenvalue weighted by molar-refractivity contribution is 6.01. The molecular weight excluding hydrogens is 294 g/mol. The van der Waals surface area contributed by atoms with E-state index in [2.05, 4.69) is 5.32 Å². The lowest BCUT2D eigenvalue weighted by Gasteiger charge is -2.37. The molecule has 1 heterocycles. The van der Waals surface area contributed by atoms with E-state index in [0.29, 0.717) is 23.4 Å². The zero-order chi connectivity index (χ0) is 16.4. The molecule has 1 amide bonds. The normalized spacial score (nSPS) is 16.7. The minimum atomic E-state index is -0.543. The van der Waals surface area contributed by atoms with E-state index < -0.39 is 11.1 Å². The summed E-state index contributed by atoms with van der Waals surface area (Å²) in [6, 6.07) is 13.8. The summed E-state index contributed by atoms with van der Waals surface area (Å²) in [5, 5.41) is 14.6. The summed E-state index contributed by atoms with van der Waals surface area (Å²) in [6.07, 6.45) is 0.228. The van der Waals surface area contributed by atoms with Crippen molar-refractivity contribution in [1.82, 2.24) is 4.90 Å². The molecule has 23 heavy (non-hydrogen) atoms. The number of para-hydroxylation sites is 2. The quantitative estimate of drug-likeness (QED) is 0.692. The first-order valence-electron chi connectivity index (χ1n) is 7.53. The van der Waals surface area contributed by atoms with E-state index in [0.717, 1.165) is 6.42 Å². The van der Waals surface area contributed by atoms with Crippen molar-refractivity contribution in [2.24, 2.45) is 0 Å². The van der Waals surface area contributed by atoms with Crippen LogP contribution in [0.4, 0.5) is 11.4 Å². The molecule has 0 bridgehead atoms. The molecule has 0 aliphatic carbocycles. The van der Waals surface area contributed by atoms with Crippen molar-refractivity contribution in [2.75, 3.05) is 11.9 Å². The smallest absolute Gasteiger partial charge is 0.276 e. The van der Waals surface area contributed by atoms with Crippen molar-refractivity contribution in [2.45, 2.75) is 19.5 Å². The number of rotatable bonds is 4. The van der Waals surface area contributed by atoms with E-state index in [4.69, 9.17) is 0 Å². The van der Waals surface area contributed by atoms with Gasteiger partial charge in [0.2, 0.25) is 0 Å². The predicted molar refractivity (Wildman–Crippen MR) is 87.2 cm³/mol. The lowest BCUT2D eigenvalue weighted by Crippen LogP contribution is -2.43. The van der Waals surface area contributed by atoms with Gasteiger partial charge in [0.1, 0.15) is 6.17 Å². The van der Waals surface area contributed by atoms with Gasteiger partial charge in [0.05, 0.1) is 16.1 Å². The fourth-order valence-electron chi connectivity index (χ4n) is 2.89. The number of benzene rings is 2. The molecule has 1 N–H and O–H groups in total. The molecule has 3 rings (SSSR count). The lowest BCUT2D eigenvalue weighted by molar-refractivity contribution is -0.385. The topological polar surface area (TPSA) is 75.5 Å². The molecule has 6 heteroatoms. The van der Waals surface area contributed by atoms with Crippen molar-refractivity contribution >= 4 is 17.3 Å². The molecule has 0 spiro atoms. The van der Waals surface area contributed by atoms with Gasteiger partial charge in [-0.15, -0.1) is 0 Å². The molecule has 1 aliphatic rings. The maximum atomic E-state index is 12.8. The molecule has 1 aliphatic heterocycles. The van der Waals surface area contributed by atoms with Crippen LogP contribution in [-0.2, 0) is 0 Å². The van der Waals surface area contributed by atoms with Gasteiger partial charge in [-0.3, -0.25) is 14.9 Å². The van der Waals surface area contributed by atoms with Crippen LogP contribution in [0.2, 0.25) is 0 Å². The number of hydrogen-bond acceptors (Lipinski definition) is 4. The highest BCUT2D eigenvalue weighted by Gasteiger charge is 2.35. The molecule has 0 fully saturated rings. The second-order valence-corrected chi connectivity index (χ2v) is 5.41. The lowest BCUT2D eigenvalue weighted by atomic mass is 10.0. The Labute approximate surface area is 133 Å². The van der Waals surface area contributed by atoms with Crippen LogP contribution in [0.25, 0.3) is 0 Å². The average Bonchev–Trinajstić information content (AvgIpc) is 2.57. The molecule has 1 atom stereocenters. The van der Waals surface area contributed by atoms with Crippen molar-refractivity contribution in [3.05, 3.63) is 69.8 Å². The Morgan fingerprint density at radius 3 is 2.61 bits per heavy atom. The van der Waals surface area contributed by atoms with Gasteiger partial charge in [0.15, 0.2) is 0 Å². The summed E-state index contributed by atoms with van der Waals surface area (Å²) in [5.41, 5.74) is 1.80. The highest BCUT2D eigenvalue weighted by Crippen LogP contribution is 2.36. The molecule has 2 aromatic carbocycles. The summed E-state index contributed by atoms with van der Waals surface area (Å²) >= 11 is 0. The summed E-state index contributed by atoms with van der Waals surface area (Å²) in [7, 11) is 0. The summed E-state index contributed by atoms with van der Waals surface area (Å²) in [4.78, 5) is 25.4. The minimum Gasteiger partial charge on any atom is -0.361 e.